The van der Waals surface area contributed by atoms with Crippen LogP contribution in [-0.2, 0) is 13.0 Å². The Balaban J connectivity index is 1.44. The maximum absolute atomic E-state index is 9.88. The number of hydrogen-bond donors (Lipinski definition) is 3. The van der Waals surface area contributed by atoms with Crippen molar-refractivity contribution in [3.63, 3.8) is 0 Å². The number of hydrogen-bond acceptors (Lipinski definition) is 5. The number of rotatable bonds is 3. The van der Waals surface area contributed by atoms with Crippen molar-refractivity contribution in [2.75, 3.05) is 12.1 Å². The first-order chi connectivity index (χ1) is 12.1. The first-order valence-corrected chi connectivity index (χ1v) is 8.33. The number of nitrogens with one attached hydrogen (secondary N) is 1. The highest BCUT2D eigenvalue weighted by Crippen LogP contribution is 2.33. The molecule has 6 heteroatoms. The van der Waals surface area contributed by atoms with Gasteiger partial charge in [0.05, 0.1) is 24.5 Å². The molecule has 0 unspecified atom stereocenters. The van der Waals surface area contributed by atoms with E-state index < -0.39 is 6.10 Å². The minimum Gasteiger partial charge on any atom is -0.454 e. The summed E-state index contributed by atoms with van der Waals surface area (Å²) in [6.45, 7) is 2.76. The Morgan fingerprint density at radius 3 is 2.96 bits per heavy atom. The third kappa shape index (κ3) is 3.18. The predicted octanol–water partition coefficient (Wildman–Crippen LogP) is 2.36. The number of aliphatic hydroxyl groups excluding tert-OH is 1. The largest absolute Gasteiger partial charge is 0.454 e. The highest BCUT2D eigenvalue weighted by Gasteiger charge is 2.27. The quantitative estimate of drug-likeness (QED) is 0.590. The molecule has 130 valence electrons. The second-order valence-electron chi connectivity index (χ2n) is 6.43. The van der Waals surface area contributed by atoms with E-state index in [-0.39, 0.29) is 12.8 Å². The van der Waals surface area contributed by atoms with Crippen molar-refractivity contribution >= 4 is 11.5 Å². The molecule has 0 aromatic heterocycles. The Morgan fingerprint density at radius 2 is 2.08 bits per heavy atom. The second-order valence-corrected chi connectivity index (χ2v) is 6.43. The molecular weight excluding hydrogens is 318 g/mol. The van der Waals surface area contributed by atoms with Crippen molar-refractivity contribution in [1.29, 1.82) is 0 Å². The van der Waals surface area contributed by atoms with Crippen LogP contribution < -0.4 is 20.5 Å². The first kappa shape index (κ1) is 15.9. The average molecular weight is 339 g/mol. The van der Waals surface area contributed by atoms with Gasteiger partial charge in [-0.1, -0.05) is 12.1 Å². The Labute approximate surface area is 146 Å². The fourth-order valence-corrected chi connectivity index (χ4v) is 3.23. The van der Waals surface area contributed by atoms with E-state index >= 15 is 0 Å². The number of nitrogens with zero attached hydrogens (tertiary/aromatic N) is 1. The van der Waals surface area contributed by atoms with Crippen molar-refractivity contribution in [3.8, 4) is 11.5 Å². The maximum Gasteiger partial charge on any atom is 0.231 e. The zero-order chi connectivity index (χ0) is 17.4. The van der Waals surface area contributed by atoms with Gasteiger partial charge in [0.15, 0.2) is 11.5 Å². The number of nitrogens with two attached hydrogens (primary N) is 1. The molecule has 0 fully saturated rings. The molecule has 0 bridgehead atoms. The molecule has 1 aliphatic heterocycles. The molecule has 1 aliphatic carbocycles. The van der Waals surface area contributed by atoms with E-state index in [4.69, 9.17) is 15.2 Å². The fourth-order valence-electron chi connectivity index (χ4n) is 3.23. The van der Waals surface area contributed by atoms with Gasteiger partial charge in [-0.3, -0.25) is 4.99 Å². The predicted molar refractivity (Wildman–Crippen MR) is 96.1 cm³/mol. The molecule has 4 N–H and O–H groups in total. The van der Waals surface area contributed by atoms with Crippen LogP contribution in [-0.4, -0.2) is 23.8 Å². The molecule has 0 spiro atoms. The lowest BCUT2D eigenvalue weighted by atomic mass is 10.1. The summed E-state index contributed by atoms with van der Waals surface area (Å²) in [6.07, 6.45) is 0.125. The Hall–Kier alpha value is -2.57. The minimum atomic E-state index is -0.494. The van der Waals surface area contributed by atoms with Gasteiger partial charge in [-0.2, -0.15) is 0 Å². The lowest BCUT2D eigenvalue weighted by Gasteiger charge is -2.11. The lowest BCUT2D eigenvalue weighted by molar-refractivity contribution is 0.158. The Kier molecular flexibility index (Phi) is 4.07. The number of amidine groups is 1. The van der Waals surface area contributed by atoms with Gasteiger partial charge >= 0.3 is 0 Å². The first-order valence-electron chi connectivity index (χ1n) is 8.33. The third-order valence-corrected chi connectivity index (χ3v) is 4.61. The van der Waals surface area contributed by atoms with Crippen LogP contribution in [0, 0.1) is 0 Å². The smallest absolute Gasteiger partial charge is 0.231 e. The van der Waals surface area contributed by atoms with Crippen LogP contribution in [0.25, 0.3) is 0 Å². The average Bonchev–Trinajstić information content (AvgIpc) is 3.18. The van der Waals surface area contributed by atoms with Gasteiger partial charge in [-0.25, -0.2) is 0 Å². The fraction of sp³-hybridized carbons (Fsp3) is 0.316. The van der Waals surface area contributed by atoms with Gasteiger partial charge in [0.1, 0.15) is 0 Å². The summed E-state index contributed by atoms with van der Waals surface area (Å²) in [5, 5.41) is 13.2. The molecule has 25 heavy (non-hydrogen) atoms. The van der Waals surface area contributed by atoms with E-state index in [1.807, 2.05) is 43.3 Å². The van der Waals surface area contributed by atoms with Crippen LogP contribution in [0.15, 0.2) is 41.4 Å². The van der Waals surface area contributed by atoms with E-state index in [9.17, 15) is 5.11 Å². The van der Waals surface area contributed by atoms with E-state index in [0.29, 0.717) is 13.0 Å². The topological polar surface area (TPSA) is 89.1 Å². The van der Waals surface area contributed by atoms with E-state index in [1.165, 1.54) is 0 Å². The van der Waals surface area contributed by atoms with Crippen LogP contribution in [0.4, 0.5) is 5.69 Å². The summed E-state index contributed by atoms with van der Waals surface area (Å²) in [4.78, 5) is 4.57. The van der Waals surface area contributed by atoms with E-state index in [1.54, 1.807) is 0 Å². The van der Waals surface area contributed by atoms with Gasteiger partial charge < -0.3 is 25.6 Å². The van der Waals surface area contributed by atoms with Gasteiger partial charge in [0.2, 0.25) is 6.79 Å². The standard InChI is InChI=1S/C19H21N3O3/c1-11(21-9-12-2-5-17-18(6-12)25-10-24-17)22-14-4-3-13-7-16(23)19(20)15(13)8-14/h2-6,8,16,19,23H,7,9-10,20H2,1H3,(H,21,22)/t16-,19-/m1/s1. The number of ether oxygens (including phenoxy) is 2. The third-order valence-electron chi connectivity index (χ3n) is 4.61. The highest BCUT2D eigenvalue weighted by molar-refractivity contribution is 5.93. The molecule has 2 aromatic rings. The number of aliphatic hydroxyl groups is 1. The van der Waals surface area contributed by atoms with Crippen molar-refractivity contribution in [2.24, 2.45) is 10.7 Å². The SMILES string of the molecule is CC(=NCc1ccc2c(c1)OCO2)Nc1ccc2c(c1)[C@@H](N)[C@H](O)C2. The van der Waals surface area contributed by atoms with Crippen molar-refractivity contribution in [3.05, 3.63) is 53.1 Å². The number of fused-ring (bicyclic) bond motifs is 2. The number of aliphatic imine (C=N–C) groups is 1. The molecule has 0 radical (unpaired) electrons. The van der Waals surface area contributed by atoms with Gasteiger partial charge in [0, 0.05) is 12.1 Å². The van der Waals surface area contributed by atoms with Gasteiger partial charge in [-0.15, -0.1) is 0 Å². The summed E-state index contributed by atoms with van der Waals surface area (Å²) in [6, 6.07) is 11.5. The molecule has 4 rings (SSSR count). The molecule has 0 amide bonds. The van der Waals surface area contributed by atoms with E-state index in [0.717, 1.165) is 39.7 Å². The molecule has 2 aliphatic rings. The summed E-state index contributed by atoms with van der Waals surface area (Å²) in [5.74, 6) is 2.36. The van der Waals surface area contributed by atoms with Crippen LogP contribution in [0.5, 0.6) is 11.5 Å². The van der Waals surface area contributed by atoms with Crippen LogP contribution in [0.3, 0.4) is 0 Å². The molecule has 0 saturated carbocycles. The van der Waals surface area contributed by atoms with Crippen molar-refractivity contribution in [1.82, 2.24) is 0 Å². The molecule has 0 saturated heterocycles. The van der Waals surface area contributed by atoms with Gasteiger partial charge in [0.25, 0.3) is 0 Å². The van der Waals surface area contributed by atoms with Crippen molar-refractivity contribution < 1.29 is 14.6 Å². The molecule has 1 heterocycles. The van der Waals surface area contributed by atoms with Crippen molar-refractivity contribution in [2.45, 2.75) is 32.0 Å². The second kappa shape index (κ2) is 6.38. The summed E-state index contributed by atoms with van der Waals surface area (Å²) < 4.78 is 10.7. The zero-order valence-electron chi connectivity index (χ0n) is 14.0. The summed E-state index contributed by atoms with van der Waals surface area (Å²) in [5.41, 5.74) is 10.1. The monoisotopic (exact) mass is 339 g/mol. The molecule has 2 atom stereocenters. The maximum atomic E-state index is 9.88. The van der Waals surface area contributed by atoms with Crippen LogP contribution in [0.1, 0.15) is 29.7 Å². The lowest BCUT2D eigenvalue weighted by Crippen LogP contribution is -2.21. The molecule has 2 aromatic carbocycles. The number of anilines is 1. The van der Waals surface area contributed by atoms with Gasteiger partial charge in [-0.05, 0) is 47.9 Å². The number of benzene rings is 2. The van der Waals surface area contributed by atoms with Crippen LogP contribution >= 0.6 is 0 Å². The summed E-state index contributed by atoms with van der Waals surface area (Å²) in [7, 11) is 0. The normalized spacial score (nSPS) is 21.3. The van der Waals surface area contributed by atoms with E-state index in [2.05, 4.69) is 10.3 Å². The Bertz CT molecular complexity index is 835. The molecular formula is C19H21N3O3. The highest BCUT2D eigenvalue weighted by atomic mass is 16.7. The summed E-state index contributed by atoms with van der Waals surface area (Å²) >= 11 is 0. The minimum absolute atomic E-state index is 0.276. The molecule has 6 nitrogen and oxygen atoms in total. The Morgan fingerprint density at radius 1 is 1.24 bits per heavy atom. The van der Waals surface area contributed by atoms with Crippen LogP contribution in [0.2, 0.25) is 0 Å². The zero-order valence-corrected chi connectivity index (χ0v) is 14.0.